The highest BCUT2D eigenvalue weighted by atomic mass is 16.5. The molecule has 3 aromatic rings. The molecule has 2 aliphatic heterocycles. The van der Waals surface area contributed by atoms with E-state index in [1.807, 2.05) is 18.2 Å². The zero-order valence-electron chi connectivity index (χ0n) is 32.2. The summed E-state index contributed by atoms with van der Waals surface area (Å²) in [5.41, 5.74) is 1.59. The number of nitrogens with zero attached hydrogens (tertiary/aromatic N) is 5. The Hall–Kier alpha value is -5.85. The normalized spacial score (nSPS) is 16.9. The molecule has 296 valence electrons. The maximum Gasteiger partial charge on any atom is 0.259 e. The molecule has 2 aliphatic rings. The van der Waals surface area contributed by atoms with Gasteiger partial charge in [-0.3, -0.25) is 34.2 Å². The number of benzene rings is 2. The van der Waals surface area contributed by atoms with Crippen molar-refractivity contribution < 1.29 is 33.8 Å². The van der Waals surface area contributed by atoms with Gasteiger partial charge in [-0.2, -0.15) is 0 Å². The van der Waals surface area contributed by atoms with E-state index in [0.717, 1.165) is 68.1 Å². The number of carbonyl (C=O) groups is 5. The van der Waals surface area contributed by atoms with Crippen molar-refractivity contribution in [3.05, 3.63) is 88.9 Å². The van der Waals surface area contributed by atoms with E-state index in [9.17, 15) is 29.1 Å². The second-order valence-electron chi connectivity index (χ2n) is 14.5. The third kappa shape index (κ3) is 11.6. The van der Waals surface area contributed by atoms with Crippen molar-refractivity contribution in [2.45, 2.75) is 70.6 Å². The molecule has 0 bridgehead atoms. The Morgan fingerprint density at radius 3 is 2.50 bits per heavy atom. The van der Waals surface area contributed by atoms with Gasteiger partial charge >= 0.3 is 0 Å². The van der Waals surface area contributed by atoms with Crippen molar-refractivity contribution in [1.82, 2.24) is 25.4 Å². The lowest BCUT2D eigenvalue weighted by molar-refractivity contribution is -0.144. The monoisotopic (exact) mass is 766 g/mol. The molecular weight excluding hydrogens is 716 g/mol. The number of unbranched alkanes of at least 4 members (excludes halogenated alkanes) is 1. The molecule has 5 rings (SSSR count). The Kier molecular flexibility index (Phi) is 14.1. The molecule has 15 heteroatoms. The fourth-order valence-corrected chi connectivity index (χ4v) is 6.50. The van der Waals surface area contributed by atoms with Gasteiger partial charge in [-0.15, -0.1) is 0 Å². The largest absolute Gasteiger partial charge is 0.490 e. The first kappa shape index (κ1) is 41.3. The van der Waals surface area contributed by atoms with Crippen LogP contribution in [-0.4, -0.2) is 107 Å². The lowest BCUT2D eigenvalue weighted by atomic mass is 10.0. The third-order valence-corrected chi connectivity index (χ3v) is 10.1. The minimum Gasteiger partial charge on any atom is -0.490 e. The van der Waals surface area contributed by atoms with E-state index in [1.165, 1.54) is 11.8 Å². The van der Waals surface area contributed by atoms with Gasteiger partial charge < -0.3 is 30.3 Å². The third-order valence-electron chi connectivity index (χ3n) is 10.1. The SMILES string of the molecule is [C-]#[N+]c1ccc(NC(=O)[C@@](C)(O)COc2ccc(CNC(=O)CCCCN3CCN(c4cc(CC(=O)N(C)C5CCC(=O)NC5=O)ccn4)CC3)cc2)cc1C. The fourth-order valence-electron chi connectivity index (χ4n) is 6.50. The van der Waals surface area contributed by atoms with Crippen LogP contribution < -0.4 is 25.6 Å². The highest BCUT2D eigenvalue weighted by Gasteiger charge is 2.33. The second-order valence-corrected chi connectivity index (χ2v) is 14.5. The first-order valence-electron chi connectivity index (χ1n) is 18.8. The van der Waals surface area contributed by atoms with Crippen molar-refractivity contribution in [3.63, 3.8) is 0 Å². The van der Waals surface area contributed by atoms with E-state index in [4.69, 9.17) is 11.3 Å². The number of piperidine rings is 1. The zero-order valence-corrected chi connectivity index (χ0v) is 32.2. The highest BCUT2D eigenvalue weighted by Crippen LogP contribution is 2.24. The molecule has 15 nitrogen and oxygen atoms in total. The maximum atomic E-state index is 12.9. The molecule has 2 saturated heterocycles. The average molecular weight is 767 g/mol. The summed E-state index contributed by atoms with van der Waals surface area (Å²) >= 11 is 0. The smallest absolute Gasteiger partial charge is 0.259 e. The predicted octanol–water partition coefficient (Wildman–Crippen LogP) is 3.12. The van der Waals surface area contributed by atoms with Crippen LogP contribution in [0, 0.1) is 13.5 Å². The predicted molar refractivity (Wildman–Crippen MR) is 210 cm³/mol. The zero-order chi connectivity index (χ0) is 40.2. The number of amides is 5. The summed E-state index contributed by atoms with van der Waals surface area (Å²) in [6, 6.07) is 15.1. The Balaban J connectivity index is 0.946. The van der Waals surface area contributed by atoms with Crippen molar-refractivity contribution >= 4 is 46.7 Å². The summed E-state index contributed by atoms with van der Waals surface area (Å²) in [6.45, 7) is 14.6. The number of aromatic nitrogens is 1. The fraction of sp³-hybridized carbons (Fsp3) is 0.439. The Labute approximate surface area is 327 Å². The van der Waals surface area contributed by atoms with E-state index >= 15 is 0 Å². The topological polar surface area (TPSA) is 178 Å². The number of imide groups is 1. The quantitative estimate of drug-likeness (QED) is 0.0963. The number of rotatable bonds is 16. The number of anilines is 2. The van der Waals surface area contributed by atoms with Crippen molar-refractivity contribution in [1.29, 1.82) is 0 Å². The van der Waals surface area contributed by atoms with Crippen LogP contribution in [0.1, 0.15) is 55.7 Å². The Morgan fingerprint density at radius 2 is 1.80 bits per heavy atom. The van der Waals surface area contributed by atoms with Gasteiger partial charge in [0, 0.05) is 64.5 Å². The number of carbonyl (C=O) groups excluding carboxylic acids is 5. The van der Waals surface area contributed by atoms with Crippen LogP contribution in [-0.2, 0) is 36.9 Å². The van der Waals surface area contributed by atoms with Crippen LogP contribution in [0.4, 0.5) is 17.2 Å². The van der Waals surface area contributed by atoms with Gasteiger partial charge in [0.15, 0.2) is 11.3 Å². The van der Waals surface area contributed by atoms with E-state index in [-0.39, 0.29) is 37.2 Å². The minimum atomic E-state index is -1.80. The Morgan fingerprint density at radius 1 is 1.05 bits per heavy atom. The van der Waals surface area contributed by atoms with E-state index in [0.29, 0.717) is 36.5 Å². The number of piperazine rings is 1. The molecule has 1 unspecified atom stereocenters. The summed E-state index contributed by atoms with van der Waals surface area (Å²) < 4.78 is 5.68. The van der Waals surface area contributed by atoms with Crippen LogP contribution in [0.3, 0.4) is 0 Å². The minimum absolute atomic E-state index is 0.0242. The molecule has 2 fully saturated rings. The lowest BCUT2D eigenvalue weighted by Crippen LogP contribution is -2.53. The second kappa shape index (κ2) is 19.1. The number of aryl methyl sites for hydroxylation is 1. The average Bonchev–Trinajstić information content (AvgIpc) is 3.18. The first-order chi connectivity index (χ1) is 26.8. The van der Waals surface area contributed by atoms with Gasteiger partial charge in [0.2, 0.25) is 23.6 Å². The molecule has 2 atom stereocenters. The highest BCUT2D eigenvalue weighted by molar-refractivity contribution is 6.01. The van der Waals surface area contributed by atoms with Gasteiger partial charge in [0.05, 0.1) is 13.0 Å². The van der Waals surface area contributed by atoms with Crippen LogP contribution in [0.25, 0.3) is 4.85 Å². The van der Waals surface area contributed by atoms with E-state index in [1.54, 1.807) is 56.6 Å². The van der Waals surface area contributed by atoms with Crippen molar-refractivity contribution in [2.24, 2.45) is 0 Å². The summed E-state index contributed by atoms with van der Waals surface area (Å²) in [6.07, 6.45) is 4.46. The number of hydrogen-bond donors (Lipinski definition) is 4. The standard InChI is InChI=1S/C41H50N8O7/c1-28-23-31(10-13-33(28)42-3)45-40(54)41(2,55)27-56-32-11-8-29(9-12-32)26-44-36(50)7-5-6-18-48-19-21-49(22-20-48)35-24-30(16-17-43-35)25-38(52)47(4)34-14-15-37(51)46-39(34)53/h8-13,16-17,23-24,34,55H,5-7,14-15,18-22,25-27H2,1-2,4H3,(H,44,50)(H,45,54)(H,46,51,53)/t34?,41-/m0/s1. The number of likely N-dealkylation sites (N-methyl/N-ethyl adjacent to an activating group) is 1. The molecule has 1 aromatic heterocycles. The first-order valence-corrected chi connectivity index (χ1v) is 18.8. The van der Waals surface area contributed by atoms with Gasteiger partial charge in [0.25, 0.3) is 5.91 Å². The van der Waals surface area contributed by atoms with Crippen LogP contribution in [0.15, 0.2) is 60.8 Å². The van der Waals surface area contributed by atoms with Gasteiger partial charge in [-0.05, 0) is 92.7 Å². The van der Waals surface area contributed by atoms with Gasteiger partial charge in [-0.25, -0.2) is 9.83 Å². The van der Waals surface area contributed by atoms with Crippen LogP contribution in [0.2, 0.25) is 0 Å². The van der Waals surface area contributed by atoms with Gasteiger partial charge in [-0.1, -0.05) is 18.2 Å². The summed E-state index contributed by atoms with van der Waals surface area (Å²) in [7, 11) is 1.60. The van der Waals surface area contributed by atoms with E-state index < -0.39 is 23.5 Å². The number of pyridine rings is 1. The lowest BCUT2D eigenvalue weighted by Gasteiger charge is -2.35. The molecule has 2 aromatic carbocycles. The molecule has 0 spiro atoms. The molecule has 5 amide bonds. The molecule has 4 N–H and O–H groups in total. The molecule has 0 radical (unpaired) electrons. The van der Waals surface area contributed by atoms with Crippen molar-refractivity contribution in [3.8, 4) is 5.75 Å². The molecule has 56 heavy (non-hydrogen) atoms. The summed E-state index contributed by atoms with van der Waals surface area (Å²) in [5, 5.41) is 18.6. The molecule has 0 saturated carbocycles. The molecule has 3 heterocycles. The van der Waals surface area contributed by atoms with Gasteiger partial charge in [0.1, 0.15) is 24.2 Å². The summed E-state index contributed by atoms with van der Waals surface area (Å²) in [4.78, 5) is 75.8. The van der Waals surface area contributed by atoms with E-state index in [2.05, 4.69) is 35.6 Å². The number of ether oxygens (including phenoxy) is 1. The molecule has 0 aliphatic carbocycles. The van der Waals surface area contributed by atoms with Crippen LogP contribution in [0.5, 0.6) is 5.75 Å². The molecular formula is C41H50N8O7. The number of nitrogens with one attached hydrogen (secondary N) is 3. The maximum absolute atomic E-state index is 12.9. The van der Waals surface area contributed by atoms with Crippen LogP contribution >= 0.6 is 0 Å². The summed E-state index contributed by atoms with van der Waals surface area (Å²) in [5.74, 6) is -0.314. The number of hydrogen-bond acceptors (Lipinski definition) is 10. The Bertz CT molecular complexity index is 1940. The number of aliphatic hydroxyl groups is 1. The van der Waals surface area contributed by atoms with Crippen molar-refractivity contribution in [2.75, 3.05) is 56.6 Å².